The maximum absolute atomic E-state index is 12.0. The Bertz CT molecular complexity index is 411. The van der Waals surface area contributed by atoms with E-state index in [1.54, 1.807) is 25.3 Å². The molecule has 0 aliphatic rings. The standard InChI is InChI=1S/C13H20N2O3.ClH/c1-9(14)6-7-15-13(16)11-8-10(17-2)4-5-12(11)18-3;/h4-5,8-9H,6-7,14H2,1-3H3,(H,15,16);1H. The first kappa shape index (κ1) is 17.5. The molecule has 0 bridgehead atoms. The van der Waals surface area contributed by atoms with E-state index >= 15 is 0 Å². The number of hydrogen-bond donors (Lipinski definition) is 2. The lowest BCUT2D eigenvalue weighted by atomic mass is 10.1. The molecule has 0 heterocycles. The first-order chi connectivity index (χ1) is 8.58. The molecule has 1 aromatic rings. The molecule has 0 saturated heterocycles. The van der Waals surface area contributed by atoms with Gasteiger partial charge in [-0.2, -0.15) is 0 Å². The Morgan fingerprint density at radius 2 is 2.05 bits per heavy atom. The molecule has 1 amide bonds. The number of nitrogens with two attached hydrogens (primary N) is 1. The van der Waals surface area contributed by atoms with Crippen LogP contribution in [0.2, 0.25) is 0 Å². The Morgan fingerprint density at radius 1 is 1.37 bits per heavy atom. The van der Waals surface area contributed by atoms with Gasteiger partial charge in [0.05, 0.1) is 19.8 Å². The predicted molar refractivity (Wildman–Crippen MR) is 77.4 cm³/mol. The van der Waals surface area contributed by atoms with E-state index in [1.807, 2.05) is 6.92 Å². The lowest BCUT2D eigenvalue weighted by Gasteiger charge is -2.11. The van der Waals surface area contributed by atoms with Crippen molar-refractivity contribution in [2.75, 3.05) is 20.8 Å². The summed E-state index contributed by atoms with van der Waals surface area (Å²) < 4.78 is 10.2. The number of methoxy groups -OCH3 is 2. The van der Waals surface area contributed by atoms with Gasteiger partial charge in [0, 0.05) is 12.6 Å². The Hall–Kier alpha value is -1.46. The molecule has 0 aliphatic heterocycles. The highest BCUT2D eigenvalue weighted by molar-refractivity contribution is 5.97. The zero-order valence-corrected chi connectivity index (χ0v) is 12.3. The molecule has 0 aromatic heterocycles. The van der Waals surface area contributed by atoms with Crippen molar-refractivity contribution in [1.29, 1.82) is 0 Å². The first-order valence-corrected chi connectivity index (χ1v) is 5.84. The zero-order valence-electron chi connectivity index (χ0n) is 11.4. The monoisotopic (exact) mass is 288 g/mol. The van der Waals surface area contributed by atoms with Gasteiger partial charge in [0.2, 0.25) is 0 Å². The summed E-state index contributed by atoms with van der Waals surface area (Å²) in [5, 5.41) is 2.80. The summed E-state index contributed by atoms with van der Waals surface area (Å²) in [6, 6.07) is 5.18. The third-order valence-electron chi connectivity index (χ3n) is 2.54. The number of nitrogens with one attached hydrogen (secondary N) is 1. The largest absolute Gasteiger partial charge is 0.497 e. The Kier molecular flexibility index (Phi) is 7.95. The average molecular weight is 289 g/mol. The third-order valence-corrected chi connectivity index (χ3v) is 2.54. The van der Waals surface area contributed by atoms with E-state index in [0.717, 1.165) is 6.42 Å². The highest BCUT2D eigenvalue weighted by Gasteiger charge is 2.13. The molecule has 0 saturated carbocycles. The minimum atomic E-state index is -0.189. The van der Waals surface area contributed by atoms with E-state index in [4.69, 9.17) is 15.2 Å². The van der Waals surface area contributed by atoms with E-state index < -0.39 is 0 Å². The molecule has 19 heavy (non-hydrogen) atoms. The average Bonchev–Trinajstić information content (AvgIpc) is 2.37. The zero-order chi connectivity index (χ0) is 13.5. The van der Waals surface area contributed by atoms with Crippen LogP contribution in [0.4, 0.5) is 0 Å². The number of carbonyl (C=O) groups is 1. The van der Waals surface area contributed by atoms with Gasteiger partial charge in [-0.1, -0.05) is 0 Å². The number of hydrogen-bond acceptors (Lipinski definition) is 4. The molecule has 1 unspecified atom stereocenters. The molecule has 5 nitrogen and oxygen atoms in total. The van der Waals surface area contributed by atoms with E-state index in [-0.39, 0.29) is 24.4 Å². The van der Waals surface area contributed by atoms with Crippen molar-refractivity contribution in [3.8, 4) is 11.5 Å². The van der Waals surface area contributed by atoms with Gasteiger partial charge in [-0.3, -0.25) is 4.79 Å². The quantitative estimate of drug-likeness (QED) is 0.834. The van der Waals surface area contributed by atoms with E-state index in [9.17, 15) is 4.79 Å². The summed E-state index contributed by atoms with van der Waals surface area (Å²) in [5.41, 5.74) is 6.08. The van der Waals surface area contributed by atoms with Crippen LogP contribution in [-0.2, 0) is 0 Å². The second kappa shape index (κ2) is 8.61. The van der Waals surface area contributed by atoms with Crippen LogP contribution in [0, 0.1) is 0 Å². The summed E-state index contributed by atoms with van der Waals surface area (Å²) in [6.07, 6.45) is 0.734. The van der Waals surface area contributed by atoms with Crippen molar-refractivity contribution in [3.63, 3.8) is 0 Å². The van der Waals surface area contributed by atoms with Gasteiger partial charge in [-0.15, -0.1) is 12.4 Å². The Labute approximate surface area is 119 Å². The van der Waals surface area contributed by atoms with Gasteiger partial charge in [-0.05, 0) is 31.5 Å². The number of ether oxygens (including phenoxy) is 2. The van der Waals surface area contributed by atoms with E-state index in [0.29, 0.717) is 23.6 Å². The first-order valence-electron chi connectivity index (χ1n) is 5.84. The maximum Gasteiger partial charge on any atom is 0.255 e. The van der Waals surface area contributed by atoms with Gasteiger partial charge in [0.25, 0.3) is 5.91 Å². The van der Waals surface area contributed by atoms with Crippen molar-refractivity contribution < 1.29 is 14.3 Å². The lowest BCUT2D eigenvalue weighted by Crippen LogP contribution is -2.29. The molecule has 0 spiro atoms. The summed E-state index contributed by atoms with van der Waals surface area (Å²) in [7, 11) is 3.08. The molecule has 6 heteroatoms. The van der Waals surface area contributed by atoms with Crippen LogP contribution < -0.4 is 20.5 Å². The molecule has 1 aromatic carbocycles. The fraction of sp³-hybridized carbons (Fsp3) is 0.462. The van der Waals surface area contributed by atoms with Gasteiger partial charge in [0.15, 0.2) is 0 Å². The van der Waals surface area contributed by atoms with Crippen LogP contribution in [0.15, 0.2) is 18.2 Å². The fourth-order valence-electron chi connectivity index (χ4n) is 1.50. The number of rotatable bonds is 6. The van der Waals surface area contributed by atoms with Crippen molar-refractivity contribution in [2.24, 2.45) is 5.73 Å². The van der Waals surface area contributed by atoms with Crippen molar-refractivity contribution in [2.45, 2.75) is 19.4 Å². The SMILES string of the molecule is COc1ccc(OC)c(C(=O)NCCC(C)N)c1.Cl. The minimum absolute atomic E-state index is 0. The molecular weight excluding hydrogens is 268 g/mol. The minimum Gasteiger partial charge on any atom is -0.497 e. The summed E-state index contributed by atoms with van der Waals surface area (Å²) in [4.78, 5) is 12.0. The van der Waals surface area contributed by atoms with Crippen LogP contribution in [-0.4, -0.2) is 32.7 Å². The Morgan fingerprint density at radius 3 is 2.58 bits per heavy atom. The van der Waals surface area contributed by atoms with Gasteiger partial charge in [-0.25, -0.2) is 0 Å². The number of amides is 1. The third kappa shape index (κ3) is 5.36. The number of benzene rings is 1. The van der Waals surface area contributed by atoms with Crippen LogP contribution >= 0.6 is 12.4 Å². The van der Waals surface area contributed by atoms with Crippen LogP contribution in [0.1, 0.15) is 23.7 Å². The molecule has 0 aliphatic carbocycles. The summed E-state index contributed by atoms with van der Waals surface area (Å²) in [5.74, 6) is 0.952. The topological polar surface area (TPSA) is 73.6 Å². The van der Waals surface area contributed by atoms with Crippen molar-refractivity contribution >= 4 is 18.3 Å². The predicted octanol–water partition coefficient (Wildman–Crippen LogP) is 1.59. The maximum atomic E-state index is 12.0. The fourth-order valence-corrected chi connectivity index (χ4v) is 1.50. The highest BCUT2D eigenvalue weighted by Crippen LogP contribution is 2.23. The molecule has 3 N–H and O–H groups in total. The van der Waals surface area contributed by atoms with Crippen LogP contribution in [0.5, 0.6) is 11.5 Å². The van der Waals surface area contributed by atoms with Crippen LogP contribution in [0.25, 0.3) is 0 Å². The van der Waals surface area contributed by atoms with E-state index in [1.165, 1.54) is 7.11 Å². The smallest absolute Gasteiger partial charge is 0.255 e. The molecule has 1 atom stereocenters. The van der Waals surface area contributed by atoms with E-state index in [2.05, 4.69) is 5.32 Å². The second-order valence-corrected chi connectivity index (χ2v) is 4.09. The number of halogens is 1. The normalized spacial score (nSPS) is 11.2. The summed E-state index contributed by atoms with van der Waals surface area (Å²) in [6.45, 7) is 2.44. The number of carbonyl (C=O) groups excluding carboxylic acids is 1. The Balaban J connectivity index is 0.00000324. The highest BCUT2D eigenvalue weighted by atomic mass is 35.5. The van der Waals surface area contributed by atoms with Crippen molar-refractivity contribution in [1.82, 2.24) is 5.32 Å². The lowest BCUT2D eigenvalue weighted by molar-refractivity contribution is 0.0949. The van der Waals surface area contributed by atoms with Gasteiger partial charge in [0.1, 0.15) is 11.5 Å². The molecular formula is C13H21ClN2O3. The van der Waals surface area contributed by atoms with Gasteiger partial charge < -0.3 is 20.5 Å². The second-order valence-electron chi connectivity index (χ2n) is 4.09. The van der Waals surface area contributed by atoms with Crippen LogP contribution in [0.3, 0.4) is 0 Å². The van der Waals surface area contributed by atoms with Gasteiger partial charge >= 0.3 is 0 Å². The molecule has 1 rings (SSSR count). The van der Waals surface area contributed by atoms with Crippen molar-refractivity contribution in [3.05, 3.63) is 23.8 Å². The summed E-state index contributed by atoms with van der Waals surface area (Å²) >= 11 is 0. The molecule has 0 radical (unpaired) electrons. The molecule has 108 valence electrons. The molecule has 0 fully saturated rings.